The molecule has 0 spiro atoms. The first-order chi connectivity index (χ1) is 10.7. The highest BCUT2D eigenvalue weighted by molar-refractivity contribution is 9.10. The zero-order chi connectivity index (χ0) is 15.9. The molecule has 2 aromatic carbocycles. The second-order valence-corrected chi connectivity index (χ2v) is 5.60. The molecule has 2 aromatic rings. The number of halogens is 1. The summed E-state index contributed by atoms with van der Waals surface area (Å²) in [5, 5.41) is 3.42. The predicted molar refractivity (Wildman–Crippen MR) is 90.8 cm³/mol. The lowest BCUT2D eigenvalue weighted by atomic mass is 10.2. The first-order valence-electron chi connectivity index (χ1n) is 6.92. The minimum atomic E-state index is 0.716. The van der Waals surface area contributed by atoms with Gasteiger partial charge in [-0.15, -0.1) is 0 Å². The van der Waals surface area contributed by atoms with Gasteiger partial charge in [0.2, 0.25) is 0 Å². The zero-order valence-corrected chi connectivity index (χ0v) is 14.6. The van der Waals surface area contributed by atoms with Gasteiger partial charge in [0.25, 0.3) is 0 Å². The molecule has 0 aromatic heterocycles. The van der Waals surface area contributed by atoms with Crippen LogP contribution in [0.1, 0.15) is 11.1 Å². The maximum atomic E-state index is 5.33. The summed E-state index contributed by atoms with van der Waals surface area (Å²) < 4.78 is 16.8. The van der Waals surface area contributed by atoms with Gasteiger partial charge in [-0.2, -0.15) is 0 Å². The smallest absolute Gasteiger partial charge is 0.161 e. The summed E-state index contributed by atoms with van der Waals surface area (Å²) in [6.07, 6.45) is 0. The molecule has 2 rings (SSSR count). The van der Waals surface area contributed by atoms with Crippen LogP contribution in [0.3, 0.4) is 0 Å². The van der Waals surface area contributed by atoms with Crippen LogP contribution in [-0.4, -0.2) is 21.3 Å². The van der Waals surface area contributed by atoms with Crippen molar-refractivity contribution in [3.63, 3.8) is 0 Å². The van der Waals surface area contributed by atoms with E-state index >= 15 is 0 Å². The highest BCUT2D eigenvalue weighted by atomic mass is 79.9. The van der Waals surface area contributed by atoms with Gasteiger partial charge in [0.05, 0.1) is 21.3 Å². The molecule has 0 atom stereocenters. The highest BCUT2D eigenvalue weighted by Gasteiger charge is 2.09. The molecule has 0 saturated carbocycles. The fourth-order valence-corrected chi connectivity index (χ4v) is 2.58. The molecule has 0 heterocycles. The topological polar surface area (TPSA) is 39.7 Å². The van der Waals surface area contributed by atoms with Gasteiger partial charge < -0.3 is 19.5 Å². The van der Waals surface area contributed by atoms with E-state index in [1.165, 1.54) is 5.56 Å². The van der Waals surface area contributed by atoms with Crippen LogP contribution in [-0.2, 0) is 13.1 Å². The van der Waals surface area contributed by atoms with Gasteiger partial charge in [-0.25, -0.2) is 0 Å². The van der Waals surface area contributed by atoms with Gasteiger partial charge in [0.15, 0.2) is 11.5 Å². The van der Waals surface area contributed by atoms with Crippen molar-refractivity contribution in [3.8, 4) is 17.2 Å². The summed E-state index contributed by atoms with van der Waals surface area (Å²) in [4.78, 5) is 0. The van der Waals surface area contributed by atoms with Gasteiger partial charge in [-0.3, -0.25) is 0 Å². The SMILES string of the molecule is COc1ccc(CNCc2cc(OC)c(OC)cc2Br)cc1. The molecule has 0 radical (unpaired) electrons. The van der Waals surface area contributed by atoms with Crippen LogP contribution in [0.4, 0.5) is 0 Å². The fraction of sp³-hybridized carbons (Fsp3) is 0.294. The van der Waals surface area contributed by atoms with Gasteiger partial charge in [-0.1, -0.05) is 28.1 Å². The number of benzene rings is 2. The van der Waals surface area contributed by atoms with E-state index in [9.17, 15) is 0 Å². The van der Waals surface area contributed by atoms with E-state index in [1.54, 1.807) is 21.3 Å². The number of hydrogen-bond donors (Lipinski definition) is 1. The van der Waals surface area contributed by atoms with Crippen molar-refractivity contribution in [1.82, 2.24) is 5.32 Å². The molecule has 0 aliphatic rings. The maximum absolute atomic E-state index is 5.33. The van der Waals surface area contributed by atoms with Crippen LogP contribution in [0.25, 0.3) is 0 Å². The molecule has 0 amide bonds. The monoisotopic (exact) mass is 365 g/mol. The average Bonchev–Trinajstić information content (AvgIpc) is 2.56. The Morgan fingerprint density at radius 1 is 0.864 bits per heavy atom. The number of nitrogens with one attached hydrogen (secondary N) is 1. The Bertz CT molecular complexity index is 614. The van der Waals surface area contributed by atoms with Crippen LogP contribution in [0.5, 0.6) is 17.2 Å². The van der Waals surface area contributed by atoms with E-state index in [1.807, 2.05) is 24.3 Å². The molecule has 0 unspecified atom stereocenters. The third-order valence-corrected chi connectivity index (χ3v) is 4.09. The Morgan fingerprint density at radius 3 is 2.09 bits per heavy atom. The lowest BCUT2D eigenvalue weighted by Crippen LogP contribution is -2.13. The molecule has 0 aliphatic carbocycles. The summed E-state index contributed by atoms with van der Waals surface area (Å²) in [7, 11) is 4.94. The molecule has 0 bridgehead atoms. The molecule has 22 heavy (non-hydrogen) atoms. The van der Waals surface area contributed by atoms with Gasteiger partial charge in [0.1, 0.15) is 5.75 Å². The second kappa shape index (κ2) is 8.06. The molecule has 1 N–H and O–H groups in total. The van der Waals surface area contributed by atoms with Crippen LogP contribution in [0, 0.1) is 0 Å². The molecular weight excluding hydrogens is 346 g/mol. The minimum absolute atomic E-state index is 0.716. The summed E-state index contributed by atoms with van der Waals surface area (Å²) in [6, 6.07) is 11.9. The van der Waals surface area contributed by atoms with E-state index in [4.69, 9.17) is 14.2 Å². The van der Waals surface area contributed by atoms with Crippen LogP contribution in [0.15, 0.2) is 40.9 Å². The first kappa shape index (κ1) is 16.6. The van der Waals surface area contributed by atoms with Crippen LogP contribution < -0.4 is 19.5 Å². The van der Waals surface area contributed by atoms with E-state index in [-0.39, 0.29) is 0 Å². The Labute approximate surface area is 139 Å². The van der Waals surface area contributed by atoms with Crippen LogP contribution >= 0.6 is 15.9 Å². The zero-order valence-electron chi connectivity index (χ0n) is 13.0. The van der Waals surface area contributed by atoms with Crippen molar-refractivity contribution in [2.75, 3.05) is 21.3 Å². The summed E-state index contributed by atoms with van der Waals surface area (Å²) in [5.41, 5.74) is 2.32. The Kier molecular flexibility index (Phi) is 6.10. The van der Waals surface area contributed by atoms with E-state index < -0.39 is 0 Å². The van der Waals surface area contributed by atoms with Crippen molar-refractivity contribution in [1.29, 1.82) is 0 Å². The van der Waals surface area contributed by atoms with E-state index in [2.05, 4.69) is 33.4 Å². The maximum Gasteiger partial charge on any atom is 0.161 e. The molecule has 4 nitrogen and oxygen atoms in total. The number of methoxy groups -OCH3 is 3. The Hall–Kier alpha value is -1.72. The minimum Gasteiger partial charge on any atom is -0.497 e. The van der Waals surface area contributed by atoms with Gasteiger partial charge in [-0.05, 0) is 35.4 Å². The summed E-state index contributed by atoms with van der Waals surface area (Å²) >= 11 is 3.56. The quantitative estimate of drug-likeness (QED) is 0.810. The standard InChI is InChI=1S/C17H20BrNO3/c1-20-14-6-4-12(5-7-14)10-19-11-13-8-16(21-2)17(22-3)9-15(13)18/h4-9,19H,10-11H2,1-3H3. The number of rotatable bonds is 7. The third kappa shape index (κ3) is 4.15. The van der Waals surface area contributed by atoms with Crippen molar-refractivity contribution in [2.45, 2.75) is 13.1 Å². The van der Waals surface area contributed by atoms with Crippen molar-refractivity contribution < 1.29 is 14.2 Å². The highest BCUT2D eigenvalue weighted by Crippen LogP contribution is 2.33. The van der Waals surface area contributed by atoms with E-state index in [0.29, 0.717) is 5.75 Å². The molecule has 5 heteroatoms. The van der Waals surface area contributed by atoms with Crippen molar-refractivity contribution in [3.05, 3.63) is 52.0 Å². The van der Waals surface area contributed by atoms with Gasteiger partial charge in [0, 0.05) is 17.6 Å². The molecule has 0 fully saturated rings. The fourth-order valence-electron chi connectivity index (χ4n) is 2.12. The normalized spacial score (nSPS) is 10.4. The van der Waals surface area contributed by atoms with Crippen molar-refractivity contribution in [2.24, 2.45) is 0 Å². The molecule has 0 saturated heterocycles. The predicted octanol–water partition coefficient (Wildman–Crippen LogP) is 3.76. The van der Waals surface area contributed by atoms with Crippen molar-refractivity contribution >= 4 is 15.9 Å². The van der Waals surface area contributed by atoms with Crippen LogP contribution in [0.2, 0.25) is 0 Å². The first-order valence-corrected chi connectivity index (χ1v) is 7.71. The molecule has 0 aliphatic heterocycles. The largest absolute Gasteiger partial charge is 0.497 e. The summed E-state index contributed by atoms with van der Waals surface area (Å²) in [6.45, 7) is 1.51. The van der Waals surface area contributed by atoms with Gasteiger partial charge >= 0.3 is 0 Å². The molecule has 118 valence electrons. The third-order valence-electron chi connectivity index (χ3n) is 3.36. The molecular formula is C17H20BrNO3. The summed E-state index contributed by atoms with van der Waals surface area (Å²) in [5.74, 6) is 2.31. The Morgan fingerprint density at radius 2 is 1.50 bits per heavy atom. The average molecular weight is 366 g/mol. The number of ether oxygens (including phenoxy) is 3. The number of hydrogen-bond acceptors (Lipinski definition) is 4. The Balaban J connectivity index is 1.98. The lowest BCUT2D eigenvalue weighted by Gasteiger charge is -2.12. The van der Waals surface area contributed by atoms with E-state index in [0.717, 1.165) is 34.6 Å². The second-order valence-electron chi connectivity index (χ2n) is 4.75. The lowest BCUT2D eigenvalue weighted by molar-refractivity contribution is 0.354.